The maximum Gasteiger partial charge on any atom is 0.328 e. The van der Waals surface area contributed by atoms with Crippen molar-refractivity contribution in [2.45, 2.75) is 13.3 Å². The number of carboxylic acid groups (broad SMARTS) is 2. The highest BCUT2D eigenvalue weighted by Crippen LogP contribution is 1.96. The van der Waals surface area contributed by atoms with Gasteiger partial charge in [-0.05, 0) is 12.0 Å². The van der Waals surface area contributed by atoms with Gasteiger partial charge in [0, 0.05) is 12.2 Å². The molecule has 1 aromatic rings. The monoisotopic (exact) mass is 222 g/mol. The second-order valence-corrected chi connectivity index (χ2v) is 2.85. The highest BCUT2D eigenvalue weighted by molar-refractivity contribution is 5.89. The minimum absolute atomic E-state index is 0.558. The second kappa shape index (κ2) is 8.23. The molecule has 0 atom stereocenters. The Labute approximate surface area is 93.8 Å². The molecule has 0 unspecified atom stereocenters. The number of carboxylic acids is 2. The van der Waals surface area contributed by atoms with Crippen LogP contribution in [0.3, 0.4) is 0 Å². The summed E-state index contributed by atoms with van der Waals surface area (Å²) in [6.45, 7) is 2.16. The van der Waals surface area contributed by atoms with Gasteiger partial charge in [-0.25, -0.2) is 9.59 Å². The van der Waals surface area contributed by atoms with E-state index in [0.29, 0.717) is 12.2 Å². The van der Waals surface area contributed by atoms with E-state index in [0.717, 1.165) is 6.42 Å². The van der Waals surface area contributed by atoms with Crippen LogP contribution in [0.4, 0.5) is 0 Å². The lowest BCUT2D eigenvalue weighted by molar-refractivity contribution is -0.134. The topological polar surface area (TPSA) is 74.6 Å². The standard InChI is InChI=1S/C8H10.C4H4O4/c1-2-8-6-4-3-5-7-8;5-3(6)1-2-4(7)8/h3-7H,2H2,1H3;1-2H,(H,5,6)(H,7,8). The largest absolute Gasteiger partial charge is 0.478 e. The van der Waals surface area contributed by atoms with Crippen LogP contribution in [-0.2, 0) is 16.0 Å². The van der Waals surface area contributed by atoms with E-state index in [-0.39, 0.29) is 0 Å². The van der Waals surface area contributed by atoms with Crippen LogP contribution >= 0.6 is 0 Å². The van der Waals surface area contributed by atoms with Gasteiger partial charge in [0.25, 0.3) is 0 Å². The average molecular weight is 222 g/mol. The summed E-state index contributed by atoms with van der Waals surface area (Å²) in [5.41, 5.74) is 1.41. The van der Waals surface area contributed by atoms with Crippen LogP contribution in [-0.4, -0.2) is 22.2 Å². The van der Waals surface area contributed by atoms with Crippen molar-refractivity contribution in [3.63, 3.8) is 0 Å². The van der Waals surface area contributed by atoms with Gasteiger partial charge in [-0.1, -0.05) is 37.3 Å². The minimum atomic E-state index is -1.26. The Morgan fingerprint density at radius 1 is 1.06 bits per heavy atom. The number of rotatable bonds is 3. The van der Waals surface area contributed by atoms with Gasteiger partial charge >= 0.3 is 11.9 Å². The zero-order chi connectivity index (χ0) is 12.4. The van der Waals surface area contributed by atoms with Crippen LogP contribution in [0.25, 0.3) is 0 Å². The molecule has 1 aromatic carbocycles. The van der Waals surface area contributed by atoms with Crippen LogP contribution < -0.4 is 0 Å². The number of aryl methyl sites for hydroxylation is 1. The zero-order valence-electron chi connectivity index (χ0n) is 8.96. The number of benzene rings is 1. The van der Waals surface area contributed by atoms with E-state index in [2.05, 4.69) is 31.2 Å². The Morgan fingerprint density at radius 2 is 1.50 bits per heavy atom. The first-order valence-electron chi connectivity index (χ1n) is 4.74. The number of aliphatic carboxylic acids is 2. The molecule has 0 fully saturated rings. The van der Waals surface area contributed by atoms with Crippen LogP contribution in [0, 0.1) is 0 Å². The number of hydrogen-bond donors (Lipinski definition) is 2. The van der Waals surface area contributed by atoms with E-state index in [4.69, 9.17) is 10.2 Å². The molecule has 0 aromatic heterocycles. The normalized spacial score (nSPS) is 9.31. The summed E-state index contributed by atoms with van der Waals surface area (Å²) in [4.78, 5) is 19.1. The first-order valence-corrected chi connectivity index (χ1v) is 4.74. The fourth-order valence-electron chi connectivity index (χ4n) is 0.856. The van der Waals surface area contributed by atoms with Crippen molar-refractivity contribution in [1.82, 2.24) is 0 Å². The summed E-state index contributed by atoms with van der Waals surface area (Å²) in [7, 11) is 0. The summed E-state index contributed by atoms with van der Waals surface area (Å²) in [6.07, 6.45) is 2.26. The summed E-state index contributed by atoms with van der Waals surface area (Å²) in [5.74, 6) is -2.51. The van der Waals surface area contributed by atoms with E-state index >= 15 is 0 Å². The molecule has 0 saturated heterocycles. The first-order chi connectivity index (χ1) is 7.56. The lowest BCUT2D eigenvalue weighted by atomic mass is 10.2. The molecule has 0 bridgehead atoms. The van der Waals surface area contributed by atoms with Gasteiger partial charge in [-0.15, -0.1) is 0 Å². The summed E-state index contributed by atoms with van der Waals surface area (Å²) < 4.78 is 0. The molecule has 86 valence electrons. The van der Waals surface area contributed by atoms with Crippen LogP contribution in [0.15, 0.2) is 42.5 Å². The summed E-state index contributed by atoms with van der Waals surface area (Å²) in [6, 6.07) is 10.5. The average Bonchev–Trinajstić information content (AvgIpc) is 2.28. The van der Waals surface area contributed by atoms with Crippen molar-refractivity contribution < 1.29 is 19.8 Å². The number of hydrogen-bond acceptors (Lipinski definition) is 2. The lowest BCUT2D eigenvalue weighted by Crippen LogP contribution is -1.91. The maximum absolute atomic E-state index is 9.55. The van der Waals surface area contributed by atoms with E-state index in [9.17, 15) is 9.59 Å². The molecule has 0 saturated carbocycles. The predicted molar refractivity (Wildman–Crippen MR) is 60.2 cm³/mol. The molecule has 2 N–H and O–H groups in total. The Morgan fingerprint density at radius 3 is 1.75 bits per heavy atom. The molecule has 1 rings (SSSR count). The third-order valence-electron chi connectivity index (χ3n) is 1.62. The molecular formula is C12H14O4. The van der Waals surface area contributed by atoms with Crippen LogP contribution in [0.1, 0.15) is 12.5 Å². The smallest absolute Gasteiger partial charge is 0.328 e. The highest BCUT2D eigenvalue weighted by Gasteiger charge is 1.88. The van der Waals surface area contributed by atoms with Crippen molar-refractivity contribution in [2.24, 2.45) is 0 Å². The van der Waals surface area contributed by atoms with Crippen molar-refractivity contribution in [2.75, 3.05) is 0 Å². The third-order valence-corrected chi connectivity index (χ3v) is 1.62. The zero-order valence-corrected chi connectivity index (χ0v) is 8.96. The SMILES string of the molecule is CCc1ccccc1.O=C(O)C=CC(=O)O. The Balaban J connectivity index is 0.000000281. The Hall–Kier alpha value is -2.10. The van der Waals surface area contributed by atoms with Crippen molar-refractivity contribution in [3.05, 3.63) is 48.0 Å². The van der Waals surface area contributed by atoms with Gasteiger partial charge in [-0.2, -0.15) is 0 Å². The van der Waals surface area contributed by atoms with E-state index in [1.54, 1.807) is 0 Å². The Kier molecular flexibility index (Phi) is 7.15. The first kappa shape index (κ1) is 13.9. The van der Waals surface area contributed by atoms with E-state index < -0.39 is 11.9 Å². The van der Waals surface area contributed by atoms with Gasteiger partial charge in [0.15, 0.2) is 0 Å². The van der Waals surface area contributed by atoms with Crippen molar-refractivity contribution >= 4 is 11.9 Å². The molecule has 4 heteroatoms. The van der Waals surface area contributed by atoms with Gasteiger partial charge in [0.05, 0.1) is 0 Å². The Bertz CT molecular complexity index is 339. The minimum Gasteiger partial charge on any atom is -0.478 e. The molecule has 4 nitrogen and oxygen atoms in total. The quantitative estimate of drug-likeness (QED) is 0.766. The van der Waals surface area contributed by atoms with E-state index in [1.165, 1.54) is 5.56 Å². The molecule has 0 aliphatic carbocycles. The third kappa shape index (κ3) is 8.50. The molecule has 0 amide bonds. The lowest BCUT2D eigenvalue weighted by Gasteiger charge is -1.89. The fraction of sp³-hybridized carbons (Fsp3) is 0.167. The molecule has 16 heavy (non-hydrogen) atoms. The van der Waals surface area contributed by atoms with Crippen LogP contribution in [0.5, 0.6) is 0 Å². The summed E-state index contributed by atoms with van der Waals surface area (Å²) >= 11 is 0. The molecule has 0 heterocycles. The van der Waals surface area contributed by atoms with Gasteiger partial charge in [-0.3, -0.25) is 0 Å². The molecule has 0 aliphatic rings. The van der Waals surface area contributed by atoms with Gasteiger partial charge in [0.1, 0.15) is 0 Å². The fourth-order valence-corrected chi connectivity index (χ4v) is 0.856. The van der Waals surface area contributed by atoms with Crippen LogP contribution in [0.2, 0.25) is 0 Å². The van der Waals surface area contributed by atoms with Crippen molar-refractivity contribution in [1.29, 1.82) is 0 Å². The molecule has 0 spiro atoms. The maximum atomic E-state index is 9.55. The molecule has 0 radical (unpaired) electrons. The van der Waals surface area contributed by atoms with Gasteiger partial charge in [0.2, 0.25) is 0 Å². The van der Waals surface area contributed by atoms with Crippen molar-refractivity contribution in [3.8, 4) is 0 Å². The second-order valence-electron chi connectivity index (χ2n) is 2.85. The van der Waals surface area contributed by atoms with Gasteiger partial charge < -0.3 is 10.2 Å². The van der Waals surface area contributed by atoms with E-state index in [1.807, 2.05) is 6.07 Å². The molecular weight excluding hydrogens is 208 g/mol. The number of carbonyl (C=O) groups is 2. The predicted octanol–water partition coefficient (Wildman–Crippen LogP) is 1.96. The molecule has 0 aliphatic heterocycles. The summed E-state index contributed by atoms with van der Waals surface area (Å²) in [5, 5.41) is 15.6. The highest BCUT2D eigenvalue weighted by atomic mass is 16.4.